The number of hydrogen-bond acceptors (Lipinski definition) is 7. The van der Waals surface area contributed by atoms with Gasteiger partial charge >= 0.3 is 0 Å². The summed E-state index contributed by atoms with van der Waals surface area (Å²) < 4.78 is 9.86. The van der Waals surface area contributed by atoms with Crippen LogP contribution in [0.1, 0.15) is 54.4 Å². The Morgan fingerprint density at radius 3 is 2.41 bits per heavy atom. The summed E-state index contributed by atoms with van der Waals surface area (Å²) in [5.74, 6) is -1.05. The molecule has 0 bridgehead atoms. The number of aryl methyl sites for hydroxylation is 3. The predicted molar refractivity (Wildman–Crippen MR) is 142 cm³/mol. The van der Waals surface area contributed by atoms with Crippen molar-refractivity contribution in [2.45, 2.75) is 33.4 Å². The van der Waals surface area contributed by atoms with Gasteiger partial charge in [-0.3, -0.25) is 19.3 Å². The van der Waals surface area contributed by atoms with Gasteiger partial charge in [-0.05, 0) is 67.2 Å². The van der Waals surface area contributed by atoms with Crippen molar-refractivity contribution in [2.24, 2.45) is 5.73 Å². The molecule has 0 aliphatic carbocycles. The molecule has 0 aliphatic heterocycles. The second kappa shape index (κ2) is 10.7. The highest BCUT2D eigenvalue weighted by Crippen LogP contribution is 2.35. The summed E-state index contributed by atoms with van der Waals surface area (Å²) in [6.45, 7) is 5.73. The first-order valence-corrected chi connectivity index (χ1v) is 12.3. The molecular formula is C27H27N5O4S. The van der Waals surface area contributed by atoms with E-state index in [1.807, 2.05) is 62.4 Å². The topological polar surface area (TPSA) is 145 Å². The Balaban J connectivity index is 1.85. The number of carbonyl (C=O) groups is 3. The van der Waals surface area contributed by atoms with Gasteiger partial charge in [-0.2, -0.15) is 4.37 Å². The maximum atomic E-state index is 14.1. The number of aromatic nitrogens is 1. The zero-order chi connectivity index (χ0) is 26.7. The molecule has 2 heterocycles. The van der Waals surface area contributed by atoms with Gasteiger partial charge in [0.05, 0.1) is 5.69 Å². The van der Waals surface area contributed by atoms with Gasteiger partial charge in [-0.1, -0.05) is 42.5 Å². The van der Waals surface area contributed by atoms with E-state index in [2.05, 4.69) is 9.69 Å². The van der Waals surface area contributed by atoms with Crippen molar-refractivity contribution in [3.05, 3.63) is 99.4 Å². The number of furan rings is 1. The number of anilines is 2. The first-order valence-electron chi connectivity index (χ1n) is 11.5. The molecule has 9 nitrogen and oxygen atoms in total. The molecule has 2 aromatic carbocycles. The third kappa shape index (κ3) is 5.39. The number of nitrogens with two attached hydrogens (primary N) is 2. The highest BCUT2D eigenvalue weighted by molar-refractivity contribution is 7.09. The molecule has 5 N–H and O–H groups in total. The van der Waals surface area contributed by atoms with Crippen LogP contribution in [0.25, 0.3) is 0 Å². The van der Waals surface area contributed by atoms with Crippen LogP contribution in [0, 0.1) is 20.8 Å². The van der Waals surface area contributed by atoms with Gasteiger partial charge < -0.3 is 21.2 Å². The zero-order valence-corrected chi connectivity index (χ0v) is 21.5. The van der Waals surface area contributed by atoms with Crippen molar-refractivity contribution in [1.82, 2.24) is 9.69 Å². The second-order valence-corrected chi connectivity index (χ2v) is 9.43. The van der Waals surface area contributed by atoms with Crippen molar-refractivity contribution < 1.29 is 18.8 Å². The predicted octanol–water partition coefficient (Wildman–Crippen LogP) is 4.05. The van der Waals surface area contributed by atoms with E-state index in [4.69, 9.17) is 15.9 Å². The molecule has 0 aliphatic rings. The lowest BCUT2D eigenvalue weighted by molar-refractivity contribution is -0.123. The molecule has 0 unspecified atom stereocenters. The highest BCUT2D eigenvalue weighted by atomic mass is 32.1. The minimum Gasteiger partial charge on any atom is -0.464 e. The number of primary amides is 1. The SMILES string of the molecule is Cc1ccc(C)c(N(C(=O)c2snc(C(N)=O)c2N)[C@H](C(=O)NCc2ccccc2)c2ccc(C)o2)c1. The van der Waals surface area contributed by atoms with E-state index in [0.29, 0.717) is 11.4 Å². The molecule has 0 saturated carbocycles. The molecule has 3 amide bonds. The molecule has 0 spiro atoms. The van der Waals surface area contributed by atoms with E-state index >= 15 is 0 Å². The molecule has 10 heteroatoms. The first-order chi connectivity index (χ1) is 17.7. The first kappa shape index (κ1) is 25.6. The Bertz CT molecular complexity index is 1460. The number of carbonyl (C=O) groups excluding carboxylic acids is 3. The smallest absolute Gasteiger partial charge is 0.273 e. The average Bonchev–Trinajstić information content (AvgIpc) is 3.48. The number of nitrogens with one attached hydrogen (secondary N) is 1. The Morgan fingerprint density at radius 1 is 1.05 bits per heavy atom. The molecule has 0 radical (unpaired) electrons. The summed E-state index contributed by atoms with van der Waals surface area (Å²) in [6.07, 6.45) is 0. The summed E-state index contributed by atoms with van der Waals surface area (Å²) in [6, 6.07) is 17.2. The number of hydrogen-bond donors (Lipinski definition) is 3. The van der Waals surface area contributed by atoms with Crippen LogP contribution in [-0.4, -0.2) is 22.1 Å². The minimum atomic E-state index is -1.18. The summed E-state index contributed by atoms with van der Waals surface area (Å²) in [4.78, 5) is 41.0. The van der Waals surface area contributed by atoms with Crippen molar-refractivity contribution in [3.63, 3.8) is 0 Å². The maximum Gasteiger partial charge on any atom is 0.273 e. The Kier molecular flexibility index (Phi) is 7.40. The van der Waals surface area contributed by atoms with Gasteiger partial charge in [0.1, 0.15) is 16.4 Å². The number of nitrogen functional groups attached to an aromatic ring is 1. The van der Waals surface area contributed by atoms with Crippen LogP contribution in [-0.2, 0) is 11.3 Å². The summed E-state index contributed by atoms with van der Waals surface area (Å²) in [7, 11) is 0. The lowest BCUT2D eigenvalue weighted by Crippen LogP contribution is -2.44. The second-order valence-electron chi connectivity index (χ2n) is 8.66. The van der Waals surface area contributed by atoms with Crippen molar-refractivity contribution in [3.8, 4) is 0 Å². The highest BCUT2D eigenvalue weighted by Gasteiger charge is 2.38. The molecule has 2 aromatic heterocycles. The molecule has 4 aromatic rings. The average molecular weight is 518 g/mol. The quantitative estimate of drug-likeness (QED) is 0.322. The van der Waals surface area contributed by atoms with Crippen molar-refractivity contribution in [2.75, 3.05) is 10.6 Å². The van der Waals surface area contributed by atoms with Crippen molar-refractivity contribution >= 4 is 40.6 Å². The molecule has 1 atom stereocenters. The lowest BCUT2D eigenvalue weighted by Gasteiger charge is -2.31. The minimum absolute atomic E-state index is 0.00107. The van der Waals surface area contributed by atoms with Gasteiger partial charge in [0.15, 0.2) is 11.7 Å². The van der Waals surface area contributed by atoms with Gasteiger partial charge in [-0.15, -0.1) is 0 Å². The van der Waals surface area contributed by atoms with Gasteiger partial charge in [-0.25, -0.2) is 0 Å². The van der Waals surface area contributed by atoms with Gasteiger partial charge in [0.2, 0.25) is 0 Å². The zero-order valence-electron chi connectivity index (χ0n) is 20.6. The van der Waals surface area contributed by atoms with E-state index in [0.717, 1.165) is 28.2 Å². The van der Waals surface area contributed by atoms with Crippen LogP contribution >= 0.6 is 11.5 Å². The van der Waals surface area contributed by atoms with E-state index in [-0.39, 0.29) is 28.6 Å². The molecule has 0 saturated heterocycles. The third-order valence-electron chi connectivity index (χ3n) is 5.85. The molecule has 37 heavy (non-hydrogen) atoms. The largest absolute Gasteiger partial charge is 0.464 e. The van der Waals surface area contributed by atoms with Crippen LogP contribution in [0.3, 0.4) is 0 Å². The summed E-state index contributed by atoms with van der Waals surface area (Å²) >= 11 is 0.756. The number of benzene rings is 2. The fourth-order valence-electron chi connectivity index (χ4n) is 3.94. The van der Waals surface area contributed by atoms with E-state index in [9.17, 15) is 14.4 Å². The standard InChI is InChI=1S/C27H27N5O4S/c1-15-9-10-16(2)19(13-15)32(27(35)24-21(28)22(25(29)33)31-37-24)23(20-12-11-17(3)36-20)26(34)30-14-18-7-5-4-6-8-18/h4-13,23H,14,28H2,1-3H3,(H2,29,33)(H,30,34)/t23-/m0/s1. The third-order valence-corrected chi connectivity index (χ3v) is 6.70. The molecule has 190 valence electrons. The monoisotopic (exact) mass is 517 g/mol. The fourth-order valence-corrected chi connectivity index (χ4v) is 4.68. The van der Waals surface area contributed by atoms with E-state index < -0.39 is 23.8 Å². The number of amides is 3. The van der Waals surface area contributed by atoms with Crippen LogP contribution in [0.2, 0.25) is 0 Å². The fraction of sp³-hybridized carbons (Fsp3) is 0.185. The van der Waals surface area contributed by atoms with E-state index in [1.165, 1.54) is 4.90 Å². The Morgan fingerprint density at radius 2 is 1.78 bits per heavy atom. The summed E-state index contributed by atoms with van der Waals surface area (Å²) in [5, 5.41) is 2.93. The van der Waals surface area contributed by atoms with Gasteiger partial charge in [0.25, 0.3) is 17.7 Å². The molecular weight excluding hydrogens is 490 g/mol. The Labute approximate surface area is 218 Å². The lowest BCUT2D eigenvalue weighted by atomic mass is 10.0. The normalized spacial score (nSPS) is 11.6. The van der Waals surface area contributed by atoms with Crippen LogP contribution in [0.4, 0.5) is 11.4 Å². The van der Waals surface area contributed by atoms with Crippen LogP contribution in [0.5, 0.6) is 0 Å². The molecule has 0 fully saturated rings. The van der Waals surface area contributed by atoms with Crippen LogP contribution in [0.15, 0.2) is 65.1 Å². The van der Waals surface area contributed by atoms with Gasteiger partial charge in [0, 0.05) is 12.2 Å². The maximum absolute atomic E-state index is 14.1. The number of rotatable bonds is 8. The number of nitrogens with zero attached hydrogens (tertiary/aromatic N) is 2. The van der Waals surface area contributed by atoms with E-state index in [1.54, 1.807) is 19.1 Å². The van der Waals surface area contributed by atoms with Crippen molar-refractivity contribution in [1.29, 1.82) is 0 Å². The van der Waals surface area contributed by atoms with Crippen LogP contribution < -0.4 is 21.7 Å². The summed E-state index contributed by atoms with van der Waals surface area (Å²) in [5.41, 5.74) is 14.2. The Hall–Kier alpha value is -4.44. The molecule has 4 rings (SSSR count).